The molecule has 0 unspecified atom stereocenters. The SMILES string of the molecule is Cc1cc(C=C(C#N)C(=O)Nc2nncs2)c(C)n1C1CCCCC1. The van der Waals surface area contributed by atoms with Gasteiger partial charge in [-0.05, 0) is 44.4 Å². The average molecular weight is 355 g/mol. The molecule has 1 fully saturated rings. The fourth-order valence-electron chi connectivity index (χ4n) is 3.55. The highest BCUT2D eigenvalue weighted by Crippen LogP contribution is 2.32. The third-order valence-corrected chi connectivity index (χ3v) is 5.32. The third kappa shape index (κ3) is 3.80. The number of nitrogens with one attached hydrogen (secondary N) is 1. The van der Waals surface area contributed by atoms with Crippen molar-refractivity contribution in [2.75, 3.05) is 5.32 Å². The summed E-state index contributed by atoms with van der Waals surface area (Å²) in [6.45, 7) is 4.15. The maximum Gasteiger partial charge on any atom is 0.268 e. The topological polar surface area (TPSA) is 83.6 Å². The minimum absolute atomic E-state index is 0.0686. The van der Waals surface area contributed by atoms with Crippen LogP contribution in [-0.2, 0) is 4.79 Å². The van der Waals surface area contributed by atoms with Crippen LogP contribution in [0.4, 0.5) is 5.13 Å². The maximum absolute atomic E-state index is 12.3. The van der Waals surface area contributed by atoms with E-state index in [4.69, 9.17) is 0 Å². The summed E-state index contributed by atoms with van der Waals surface area (Å²) in [5.74, 6) is -0.457. The van der Waals surface area contributed by atoms with E-state index in [1.165, 1.54) is 54.6 Å². The molecule has 1 amide bonds. The van der Waals surface area contributed by atoms with Crippen molar-refractivity contribution in [3.05, 3.63) is 34.1 Å². The second-order valence-electron chi connectivity index (χ2n) is 6.36. The van der Waals surface area contributed by atoms with Gasteiger partial charge in [-0.15, -0.1) is 10.2 Å². The molecule has 0 saturated heterocycles. The molecular formula is C18H21N5OS. The van der Waals surface area contributed by atoms with E-state index in [1.54, 1.807) is 6.08 Å². The quantitative estimate of drug-likeness (QED) is 0.663. The van der Waals surface area contributed by atoms with Gasteiger partial charge in [0.1, 0.15) is 17.2 Å². The predicted octanol–water partition coefficient (Wildman–Crippen LogP) is 4.01. The molecule has 0 radical (unpaired) electrons. The van der Waals surface area contributed by atoms with Crippen molar-refractivity contribution in [2.24, 2.45) is 0 Å². The number of aromatic nitrogens is 3. The van der Waals surface area contributed by atoms with E-state index in [1.807, 2.05) is 6.07 Å². The summed E-state index contributed by atoms with van der Waals surface area (Å²) in [6.07, 6.45) is 7.90. The van der Waals surface area contributed by atoms with E-state index in [0.29, 0.717) is 11.2 Å². The number of carbonyl (C=O) groups excluding carboxylic acids is 1. The van der Waals surface area contributed by atoms with E-state index in [2.05, 4.69) is 40.0 Å². The van der Waals surface area contributed by atoms with E-state index in [-0.39, 0.29) is 5.57 Å². The lowest BCUT2D eigenvalue weighted by molar-refractivity contribution is -0.112. The number of anilines is 1. The molecule has 1 N–H and O–H groups in total. The van der Waals surface area contributed by atoms with Gasteiger partial charge in [0, 0.05) is 17.4 Å². The minimum Gasteiger partial charge on any atom is -0.346 e. The standard InChI is InChI=1S/C18H21N5OS/c1-12-8-14(13(2)23(12)16-6-4-3-5-7-16)9-15(10-19)17(24)21-18-22-20-11-25-18/h8-9,11,16H,3-7H2,1-2H3,(H,21,22,24). The van der Waals surface area contributed by atoms with Crippen molar-refractivity contribution in [1.29, 1.82) is 5.26 Å². The van der Waals surface area contributed by atoms with E-state index in [9.17, 15) is 10.1 Å². The van der Waals surface area contributed by atoms with Crippen molar-refractivity contribution in [1.82, 2.24) is 14.8 Å². The van der Waals surface area contributed by atoms with Crippen LogP contribution in [0.5, 0.6) is 0 Å². The van der Waals surface area contributed by atoms with Crippen LogP contribution < -0.4 is 5.32 Å². The molecule has 2 aromatic heterocycles. The molecule has 1 saturated carbocycles. The first-order chi connectivity index (χ1) is 12.1. The minimum atomic E-state index is -0.457. The van der Waals surface area contributed by atoms with Crippen LogP contribution in [-0.4, -0.2) is 20.7 Å². The van der Waals surface area contributed by atoms with Gasteiger partial charge in [0.2, 0.25) is 5.13 Å². The number of nitrogens with zero attached hydrogens (tertiary/aromatic N) is 4. The Labute approximate surface area is 151 Å². The van der Waals surface area contributed by atoms with Crippen LogP contribution in [0.3, 0.4) is 0 Å². The van der Waals surface area contributed by atoms with Crippen LogP contribution in [0.15, 0.2) is 17.2 Å². The molecule has 0 spiro atoms. The molecule has 0 atom stereocenters. The number of amides is 1. The number of aryl methyl sites for hydroxylation is 1. The van der Waals surface area contributed by atoms with Crippen LogP contribution in [0.1, 0.15) is 55.1 Å². The molecule has 1 aliphatic rings. The first kappa shape index (κ1) is 17.4. The van der Waals surface area contributed by atoms with Crippen LogP contribution in [0.25, 0.3) is 6.08 Å². The van der Waals surface area contributed by atoms with E-state index >= 15 is 0 Å². The molecule has 6 nitrogen and oxygen atoms in total. The summed E-state index contributed by atoms with van der Waals surface area (Å²) >= 11 is 1.22. The van der Waals surface area contributed by atoms with Crippen LogP contribution in [0, 0.1) is 25.2 Å². The second-order valence-corrected chi connectivity index (χ2v) is 7.19. The molecule has 2 heterocycles. The van der Waals surface area contributed by atoms with Crippen molar-refractivity contribution < 1.29 is 4.79 Å². The maximum atomic E-state index is 12.3. The van der Waals surface area contributed by atoms with Crippen LogP contribution >= 0.6 is 11.3 Å². The third-order valence-electron chi connectivity index (χ3n) is 4.71. The first-order valence-corrected chi connectivity index (χ1v) is 9.36. The lowest BCUT2D eigenvalue weighted by atomic mass is 9.95. The first-order valence-electron chi connectivity index (χ1n) is 8.48. The normalized spacial score (nSPS) is 15.8. The van der Waals surface area contributed by atoms with Gasteiger partial charge in [-0.3, -0.25) is 10.1 Å². The van der Waals surface area contributed by atoms with E-state index < -0.39 is 5.91 Å². The summed E-state index contributed by atoms with van der Waals surface area (Å²) < 4.78 is 2.36. The van der Waals surface area contributed by atoms with Crippen LogP contribution in [0.2, 0.25) is 0 Å². The summed E-state index contributed by atoms with van der Waals surface area (Å²) in [6, 6.07) is 4.57. The molecule has 2 aromatic rings. The number of nitriles is 1. The lowest BCUT2D eigenvalue weighted by Crippen LogP contribution is -2.15. The molecule has 25 heavy (non-hydrogen) atoms. The Hall–Kier alpha value is -2.46. The largest absolute Gasteiger partial charge is 0.346 e. The van der Waals surface area contributed by atoms with Gasteiger partial charge in [0.25, 0.3) is 5.91 Å². The zero-order chi connectivity index (χ0) is 17.8. The number of hydrogen-bond donors (Lipinski definition) is 1. The Bertz CT molecular complexity index is 823. The average Bonchev–Trinajstić information content (AvgIpc) is 3.21. The molecule has 1 aliphatic carbocycles. The summed E-state index contributed by atoms with van der Waals surface area (Å²) in [5.41, 5.74) is 4.81. The molecule has 130 valence electrons. The van der Waals surface area contributed by atoms with Gasteiger partial charge >= 0.3 is 0 Å². The Morgan fingerprint density at radius 1 is 1.40 bits per heavy atom. The zero-order valence-electron chi connectivity index (χ0n) is 14.5. The molecule has 3 rings (SSSR count). The monoisotopic (exact) mass is 355 g/mol. The summed E-state index contributed by atoms with van der Waals surface area (Å²) in [7, 11) is 0. The number of carbonyl (C=O) groups is 1. The fraction of sp³-hybridized carbons (Fsp3) is 0.444. The van der Waals surface area contributed by atoms with Crippen molar-refractivity contribution in [3.8, 4) is 6.07 Å². The van der Waals surface area contributed by atoms with Gasteiger partial charge < -0.3 is 4.57 Å². The Morgan fingerprint density at radius 2 is 2.16 bits per heavy atom. The molecular weight excluding hydrogens is 334 g/mol. The summed E-state index contributed by atoms with van der Waals surface area (Å²) in [4.78, 5) is 12.3. The number of rotatable bonds is 4. The van der Waals surface area contributed by atoms with Gasteiger partial charge in [-0.25, -0.2) is 0 Å². The fourth-order valence-corrected chi connectivity index (χ4v) is 3.99. The van der Waals surface area contributed by atoms with E-state index in [0.717, 1.165) is 11.3 Å². The Morgan fingerprint density at radius 3 is 2.80 bits per heavy atom. The van der Waals surface area contributed by atoms with Crippen molar-refractivity contribution >= 4 is 28.5 Å². The van der Waals surface area contributed by atoms with Gasteiger partial charge in [-0.2, -0.15) is 5.26 Å². The van der Waals surface area contributed by atoms with Crippen molar-refractivity contribution in [3.63, 3.8) is 0 Å². The highest BCUT2D eigenvalue weighted by Gasteiger charge is 2.20. The number of hydrogen-bond acceptors (Lipinski definition) is 5. The summed E-state index contributed by atoms with van der Waals surface area (Å²) in [5, 5.41) is 19.8. The van der Waals surface area contributed by atoms with Crippen molar-refractivity contribution in [2.45, 2.75) is 52.0 Å². The van der Waals surface area contributed by atoms with Gasteiger partial charge in [0.15, 0.2) is 0 Å². The van der Waals surface area contributed by atoms with Gasteiger partial charge in [-0.1, -0.05) is 30.6 Å². The Balaban J connectivity index is 1.86. The lowest BCUT2D eigenvalue weighted by Gasteiger charge is -2.26. The highest BCUT2D eigenvalue weighted by atomic mass is 32.1. The Kier molecular flexibility index (Phi) is 5.29. The highest BCUT2D eigenvalue weighted by molar-refractivity contribution is 7.13. The zero-order valence-corrected chi connectivity index (χ0v) is 15.3. The smallest absolute Gasteiger partial charge is 0.268 e. The van der Waals surface area contributed by atoms with Gasteiger partial charge in [0.05, 0.1) is 0 Å². The molecule has 0 bridgehead atoms. The molecule has 7 heteroatoms. The predicted molar refractivity (Wildman–Crippen MR) is 98.2 cm³/mol. The molecule has 0 aromatic carbocycles. The molecule has 0 aliphatic heterocycles. The second kappa shape index (κ2) is 7.62.